The second-order valence-corrected chi connectivity index (χ2v) is 9.62. The van der Waals surface area contributed by atoms with Gasteiger partial charge in [-0.3, -0.25) is 14.9 Å². The van der Waals surface area contributed by atoms with Gasteiger partial charge in [-0.1, -0.05) is 24.6 Å². The molecule has 1 aromatic heterocycles. The normalized spacial score (nSPS) is 15.9. The number of nitrogens with zero attached hydrogens (tertiary/aromatic N) is 5. The maximum absolute atomic E-state index is 13.2. The van der Waals surface area contributed by atoms with E-state index in [-0.39, 0.29) is 11.6 Å². The van der Waals surface area contributed by atoms with E-state index in [0.717, 1.165) is 42.8 Å². The Balaban J connectivity index is 1.44. The summed E-state index contributed by atoms with van der Waals surface area (Å²) in [6, 6.07) is 13.5. The van der Waals surface area contributed by atoms with Crippen LogP contribution in [0.3, 0.4) is 0 Å². The van der Waals surface area contributed by atoms with Gasteiger partial charge < -0.3 is 14.5 Å². The Hall–Kier alpha value is -4.01. The molecule has 2 aliphatic rings. The van der Waals surface area contributed by atoms with Gasteiger partial charge in [0.05, 0.1) is 22.7 Å². The van der Waals surface area contributed by atoms with Gasteiger partial charge in [0.1, 0.15) is 5.75 Å². The van der Waals surface area contributed by atoms with Crippen LogP contribution in [0.15, 0.2) is 48.5 Å². The highest BCUT2D eigenvalue weighted by Gasteiger charge is 2.29. The standard InChI is InChI=1S/C27H29N5O4/c1-18-3-9-22(10-4-18)36-25-23-17-31(26(33)20-5-7-21(8-6-20)32(34)35)16-13-24(23)28-27(29-25)30-14-11-19(2)12-15-30/h3-10,19H,11-17H2,1-2H3. The summed E-state index contributed by atoms with van der Waals surface area (Å²) in [4.78, 5) is 37.4. The Morgan fingerprint density at radius 3 is 2.39 bits per heavy atom. The lowest BCUT2D eigenvalue weighted by Gasteiger charge is -2.33. The number of hydrogen-bond donors (Lipinski definition) is 0. The summed E-state index contributed by atoms with van der Waals surface area (Å²) in [7, 11) is 0. The maximum atomic E-state index is 13.2. The first kappa shape index (κ1) is 23.7. The van der Waals surface area contributed by atoms with Gasteiger partial charge >= 0.3 is 0 Å². The van der Waals surface area contributed by atoms with E-state index in [2.05, 4.69) is 11.8 Å². The van der Waals surface area contributed by atoms with Gasteiger partial charge in [-0.15, -0.1) is 0 Å². The molecule has 0 atom stereocenters. The molecule has 0 saturated carbocycles. The van der Waals surface area contributed by atoms with E-state index in [1.165, 1.54) is 24.3 Å². The molecule has 0 spiro atoms. The van der Waals surface area contributed by atoms with Gasteiger partial charge in [0, 0.05) is 43.8 Å². The van der Waals surface area contributed by atoms with E-state index in [9.17, 15) is 14.9 Å². The summed E-state index contributed by atoms with van der Waals surface area (Å²) in [5, 5.41) is 11.0. The minimum Gasteiger partial charge on any atom is -0.438 e. The second kappa shape index (κ2) is 9.93. The van der Waals surface area contributed by atoms with E-state index in [4.69, 9.17) is 14.7 Å². The van der Waals surface area contributed by atoms with Crippen molar-refractivity contribution < 1.29 is 14.5 Å². The van der Waals surface area contributed by atoms with Crippen molar-refractivity contribution in [3.05, 3.63) is 81.0 Å². The molecule has 3 aromatic rings. The Morgan fingerprint density at radius 2 is 1.72 bits per heavy atom. The van der Waals surface area contributed by atoms with Crippen LogP contribution in [0.25, 0.3) is 0 Å². The van der Waals surface area contributed by atoms with Crippen molar-refractivity contribution >= 4 is 17.5 Å². The van der Waals surface area contributed by atoms with E-state index in [1.807, 2.05) is 31.2 Å². The van der Waals surface area contributed by atoms with Crippen LogP contribution in [0.2, 0.25) is 0 Å². The first-order valence-electron chi connectivity index (χ1n) is 12.3. The number of rotatable bonds is 5. The lowest BCUT2D eigenvalue weighted by molar-refractivity contribution is -0.384. The molecular formula is C27H29N5O4. The molecule has 3 heterocycles. The van der Waals surface area contributed by atoms with Gasteiger partial charge in [-0.25, -0.2) is 4.98 Å². The molecule has 1 saturated heterocycles. The van der Waals surface area contributed by atoms with Crippen LogP contribution in [0.1, 0.15) is 46.9 Å². The van der Waals surface area contributed by atoms with E-state index < -0.39 is 4.92 Å². The topological polar surface area (TPSA) is 102 Å². The number of nitro benzene ring substituents is 1. The molecule has 186 valence electrons. The molecule has 0 unspecified atom stereocenters. The number of aromatic nitrogens is 2. The number of carbonyl (C=O) groups is 1. The van der Waals surface area contributed by atoms with Crippen molar-refractivity contribution in [2.75, 3.05) is 24.5 Å². The third kappa shape index (κ3) is 5.00. The molecule has 0 N–H and O–H groups in total. The third-order valence-electron chi connectivity index (χ3n) is 6.92. The molecule has 0 aliphatic carbocycles. The highest BCUT2D eigenvalue weighted by atomic mass is 16.6. The fourth-order valence-corrected chi connectivity index (χ4v) is 4.61. The van der Waals surface area contributed by atoms with Crippen molar-refractivity contribution in [2.45, 2.75) is 39.7 Å². The summed E-state index contributed by atoms with van der Waals surface area (Å²) < 4.78 is 6.27. The highest BCUT2D eigenvalue weighted by Crippen LogP contribution is 2.33. The SMILES string of the molecule is Cc1ccc(Oc2nc(N3CCC(C)CC3)nc3c2CN(C(=O)c2ccc([N+](=O)[O-])cc2)CC3)cc1. The van der Waals surface area contributed by atoms with Crippen molar-refractivity contribution in [2.24, 2.45) is 5.92 Å². The zero-order valence-electron chi connectivity index (χ0n) is 20.5. The summed E-state index contributed by atoms with van der Waals surface area (Å²) >= 11 is 0. The minimum atomic E-state index is -0.474. The van der Waals surface area contributed by atoms with Crippen LogP contribution >= 0.6 is 0 Å². The maximum Gasteiger partial charge on any atom is 0.269 e. The summed E-state index contributed by atoms with van der Waals surface area (Å²) in [5.41, 5.74) is 3.19. The Bertz CT molecular complexity index is 1270. The molecule has 36 heavy (non-hydrogen) atoms. The van der Waals surface area contributed by atoms with Crippen LogP contribution in [-0.2, 0) is 13.0 Å². The number of hydrogen-bond acceptors (Lipinski definition) is 7. The zero-order valence-corrected chi connectivity index (χ0v) is 20.5. The number of anilines is 1. The molecule has 0 radical (unpaired) electrons. The first-order chi connectivity index (χ1) is 17.4. The molecule has 9 nitrogen and oxygen atoms in total. The number of non-ortho nitro benzene ring substituents is 1. The molecule has 5 rings (SSSR count). The van der Waals surface area contributed by atoms with Crippen LogP contribution in [0, 0.1) is 23.0 Å². The Morgan fingerprint density at radius 1 is 1.03 bits per heavy atom. The van der Waals surface area contributed by atoms with Gasteiger partial charge in [-0.2, -0.15) is 4.98 Å². The number of benzene rings is 2. The molecule has 1 amide bonds. The second-order valence-electron chi connectivity index (χ2n) is 9.62. The zero-order chi connectivity index (χ0) is 25.2. The molecule has 2 aromatic carbocycles. The summed E-state index contributed by atoms with van der Waals surface area (Å²) in [6.45, 7) is 6.92. The predicted octanol–water partition coefficient (Wildman–Crippen LogP) is 4.92. The largest absolute Gasteiger partial charge is 0.438 e. The van der Waals surface area contributed by atoms with Crippen LogP contribution in [0.5, 0.6) is 11.6 Å². The van der Waals surface area contributed by atoms with E-state index in [0.29, 0.717) is 48.6 Å². The Kier molecular flexibility index (Phi) is 6.54. The van der Waals surface area contributed by atoms with Crippen LogP contribution in [0.4, 0.5) is 11.6 Å². The monoisotopic (exact) mass is 487 g/mol. The van der Waals surface area contributed by atoms with Gasteiger partial charge in [-0.05, 0) is 49.9 Å². The molecule has 1 fully saturated rings. The first-order valence-corrected chi connectivity index (χ1v) is 12.3. The average Bonchev–Trinajstić information content (AvgIpc) is 2.89. The molecule has 0 bridgehead atoms. The van der Waals surface area contributed by atoms with Crippen molar-refractivity contribution in [1.29, 1.82) is 0 Å². The fourth-order valence-electron chi connectivity index (χ4n) is 4.61. The third-order valence-corrected chi connectivity index (χ3v) is 6.92. The van der Waals surface area contributed by atoms with Crippen LogP contribution in [-0.4, -0.2) is 45.3 Å². The van der Waals surface area contributed by atoms with Gasteiger partial charge in [0.2, 0.25) is 11.8 Å². The number of nitro groups is 1. The highest BCUT2D eigenvalue weighted by molar-refractivity contribution is 5.94. The molecule has 9 heteroatoms. The number of fused-ring (bicyclic) bond motifs is 1. The van der Waals surface area contributed by atoms with E-state index in [1.54, 1.807) is 4.90 Å². The number of carbonyl (C=O) groups excluding carboxylic acids is 1. The number of aryl methyl sites for hydroxylation is 1. The van der Waals surface area contributed by atoms with Crippen molar-refractivity contribution in [3.8, 4) is 11.6 Å². The number of ether oxygens (including phenoxy) is 1. The minimum absolute atomic E-state index is 0.0441. The average molecular weight is 488 g/mol. The number of amides is 1. The Labute approximate surface area is 209 Å². The molecule has 2 aliphatic heterocycles. The van der Waals surface area contributed by atoms with Gasteiger partial charge in [0.15, 0.2) is 0 Å². The lowest BCUT2D eigenvalue weighted by Crippen LogP contribution is -2.38. The van der Waals surface area contributed by atoms with E-state index >= 15 is 0 Å². The van der Waals surface area contributed by atoms with Gasteiger partial charge in [0.25, 0.3) is 11.6 Å². The summed E-state index contributed by atoms with van der Waals surface area (Å²) in [5.74, 6) is 2.34. The van der Waals surface area contributed by atoms with Crippen LogP contribution < -0.4 is 9.64 Å². The van der Waals surface area contributed by atoms with Crippen molar-refractivity contribution in [3.63, 3.8) is 0 Å². The smallest absolute Gasteiger partial charge is 0.269 e. The summed E-state index contributed by atoms with van der Waals surface area (Å²) in [6.07, 6.45) is 2.79. The fraction of sp³-hybridized carbons (Fsp3) is 0.370. The number of piperidine rings is 1. The van der Waals surface area contributed by atoms with Crippen molar-refractivity contribution in [1.82, 2.24) is 14.9 Å². The quantitative estimate of drug-likeness (QED) is 0.372. The molecular weight excluding hydrogens is 458 g/mol. The predicted molar refractivity (Wildman–Crippen MR) is 135 cm³/mol. The lowest BCUT2D eigenvalue weighted by atomic mass is 9.99.